The highest BCUT2D eigenvalue weighted by Crippen LogP contribution is 2.34. The fourth-order valence-corrected chi connectivity index (χ4v) is 2.08. The van der Waals surface area contributed by atoms with Gasteiger partial charge in [-0.25, -0.2) is 8.42 Å². The van der Waals surface area contributed by atoms with Gasteiger partial charge in [-0.1, -0.05) is 0 Å². The first-order valence-corrected chi connectivity index (χ1v) is 6.92. The normalized spacial score (nSPS) is 13.2. The van der Waals surface area contributed by atoms with Crippen molar-refractivity contribution in [3.05, 3.63) is 23.8 Å². The maximum Gasteiger partial charge on any atom is 0.239 e. The first-order chi connectivity index (χ1) is 7.40. The van der Waals surface area contributed by atoms with Gasteiger partial charge in [-0.3, -0.25) is 0 Å². The van der Waals surface area contributed by atoms with Crippen LogP contribution in [0.15, 0.2) is 18.2 Å². The third-order valence-corrected chi connectivity index (χ3v) is 4.20. The van der Waals surface area contributed by atoms with Crippen LogP contribution in [-0.2, 0) is 9.05 Å². The van der Waals surface area contributed by atoms with Crippen molar-refractivity contribution in [2.75, 3.05) is 14.2 Å². The molecule has 16 heavy (non-hydrogen) atoms. The van der Waals surface area contributed by atoms with Crippen molar-refractivity contribution in [1.82, 2.24) is 0 Å². The summed E-state index contributed by atoms with van der Waals surface area (Å²) in [5.41, 5.74) is 0.483. The van der Waals surface area contributed by atoms with E-state index in [2.05, 4.69) is 0 Å². The highest BCUT2D eigenvalue weighted by molar-refractivity contribution is 8.13. The molecule has 1 rings (SSSR count). The molecular formula is C10H13ClO4S. The molecule has 0 radical (unpaired) electrons. The van der Waals surface area contributed by atoms with E-state index in [0.717, 1.165) is 0 Å². The van der Waals surface area contributed by atoms with E-state index in [1.54, 1.807) is 18.2 Å². The molecule has 1 aromatic carbocycles. The minimum Gasteiger partial charge on any atom is -0.497 e. The molecule has 0 fully saturated rings. The van der Waals surface area contributed by atoms with Gasteiger partial charge in [0.15, 0.2) is 0 Å². The molecule has 1 atom stereocenters. The Bertz CT molecular complexity index is 470. The van der Waals surface area contributed by atoms with Gasteiger partial charge in [0, 0.05) is 16.2 Å². The number of benzene rings is 1. The summed E-state index contributed by atoms with van der Waals surface area (Å²) in [7, 11) is 4.62. The first kappa shape index (κ1) is 13.1. The number of methoxy groups -OCH3 is 2. The zero-order valence-electron chi connectivity index (χ0n) is 9.23. The van der Waals surface area contributed by atoms with Gasteiger partial charge in [0.2, 0.25) is 9.05 Å². The Morgan fingerprint density at radius 2 is 1.88 bits per heavy atom. The largest absolute Gasteiger partial charge is 0.497 e. The van der Waals surface area contributed by atoms with Gasteiger partial charge in [-0.05, 0) is 25.1 Å². The molecular weight excluding hydrogens is 252 g/mol. The molecule has 0 aromatic heterocycles. The lowest BCUT2D eigenvalue weighted by atomic mass is 10.1. The fourth-order valence-electron chi connectivity index (χ4n) is 1.31. The predicted octanol–water partition coefficient (Wildman–Crippen LogP) is 2.33. The Morgan fingerprint density at radius 1 is 1.25 bits per heavy atom. The minimum atomic E-state index is -3.68. The van der Waals surface area contributed by atoms with Gasteiger partial charge < -0.3 is 9.47 Å². The molecule has 0 spiro atoms. The third-order valence-electron chi connectivity index (χ3n) is 2.30. The van der Waals surface area contributed by atoms with Crippen molar-refractivity contribution < 1.29 is 17.9 Å². The van der Waals surface area contributed by atoms with E-state index < -0.39 is 14.3 Å². The number of rotatable bonds is 4. The van der Waals surface area contributed by atoms with Gasteiger partial charge in [-0.2, -0.15) is 0 Å². The van der Waals surface area contributed by atoms with Gasteiger partial charge in [0.25, 0.3) is 0 Å². The van der Waals surface area contributed by atoms with Crippen LogP contribution in [0.25, 0.3) is 0 Å². The predicted molar refractivity (Wildman–Crippen MR) is 62.7 cm³/mol. The molecule has 0 saturated carbocycles. The summed E-state index contributed by atoms with van der Waals surface area (Å²) in [5, 5.41) is -0.848. The molecule has 0 amide bonds. The highest BCUT2D eigenvalue weighted by atomic mass is 35.7. The van der Waals surface area contributed by atoms with Crippen LogP contribution >= 0.6 is 10.7 Å². The van der Waals surface area contributed by atoms with Crippen molar-refractivity contribution in [3.8, 4) is 11.5 Å². The molecule has 0 saturated heterocycles. The second-order valence-electron chi connectivity index (χ2n) is 3.23. The van der Waals surface area contributed by atoms with Gasteiger partial charge in [0.05, 0.1) is 14.2 Å². The van der Waals surface area contributed by atoms with Gasteiger partial charge >= 0.3 is 0 Å². The van der Waals surface area contributed by atoms with Crippen molar-refractivity contribution >= 4 is 19.7 Å². The number of hydrogen-bond donors (Lipinski definition) is 0. The van der Waals surface area contributed by atoms with Crippen LogP contribution in [0.5, 0.6) is 11.5 Å². The monoisotopic (exact) mass is 264 g/mol. The van der Waals surface area contributed by atoms with E-state index in [4.69, 9.17) is 20.2 Å². The Hall–Kier alpha value is -0.940. The Labute approximate surface area is 99.6 Å². The summed E-state index contributed by atoms with van der Waals surface area (Å²) >= 11 is 0. The van der Waals surface area contributed by atoms with Crippen LogP contribution < -0.4 is 9.47 Å². The van der Waals surface area contributed by atoms with Crippen molar-refractivity contribution in [2.24, 2.45) is 0 Å². The molecule has 0 N–H and O–H groups in total. The van der Waals surface area contributed by atoms with Crippen molar-refractivity contribution in [3.63, 3.8) is 0 Å². The van der Waals surface area contributed by atoms with Crippen LogP contribution in [0.4, 0.5) is 0 Å². The van der Waals surface area contributed by atoms with E-state index in [-0.39, 0.29) is 0 Å². The van der Waals surface area contributed by atoms with Gasteiger partial charge in [0.1, 0.15) is 16.7 Å². The Morgan fingerprint density at radius 3 is 2.31 bits per heavy atom. The molecule has 6 heteroatoms. The van der Waals surface area contributed by atoms with E-state index in [0.29, 0.717) is 17.1 Å². The summed E-state index contributed by atoms with van der Waals surface area (Å²) in [5.74, 6) is 1.03. The minimum absolute atomic E-state index is 0.470. The summed E-state index contributed by atoms with van der Waals surface area (Å²) in [6, 6.07) is 4.94. The molecule has 0 aliphatic heterocycles. The van der Waals surface area contributed by atoms with Crippen LogP contribution in [0.2, 0.25) is 0 Å². The second-order valence-corrected chi connectivity index (χ2v) is 6.17. The highest BCUT2D eigenvalue weighted by Gasteiger charge is 2.23. The topological polar surface area (TPSA) is 52.6 Å². The SMILES string of the molecule is COc1ccc(OC)c(C(C)S(=O)(=O)Cl)c1. The van der Waals surface area contributed by atoms with Crippen LogP contribution in [0.1, 0.15) is 17.7 Å². The lowest BCUT2D eigenvalue weighted by molar-refractivity contribution is 0.398. The molecule has 0 aliphatic carbocycles. The summed E-state index contributed by atoms with van der Waals surface area (Å²) in [4.78, 5) is 0. The zero-order valence-corrected chi connectivity index (χ0v) is 10.8. The summed E-state index contributed by atoms with van der Waals surface area (Å²) < 4.78 is 32.6. The number of halogens is 1. The molecule has 1 aromatic rings. The Kier molecular flexibility index (Phi) is 4.04. The molecule has 1 unspecified atom stereocenters. The maximum absolute atomic E-state index is 11.3. The average Bonchev–Trinajstić information content (AvgIpc) is 2.25. The maximum atomic E-state index is 11.3. The van der Waals surface area contributed by atoms with Crippen LogP contribution in [0, 0.1) is 0 Å². The van der Waals surface area contributed by atoms with Crippen molar-refractivity contribution in [2.45, 2.75) is 12.2 Å². The van der Waals surface area contributed by atoms with E-state index in [1.165, 1.54) is 21.1 Å². The Balaban J connectivity index is 3.29. The molecule has 0 heterocycles. The first-order valence-electron chi connectivity index (χ1n) is 4.55. The molecule has 0 bridgehead atoms. The van der Waals surface area contributed by atoms with E-state index >= 15 is 0 Å². The lowest BCUT2D eigenvalue weighted by Crippen LogP contribution is -2.05. The fraction of sp³-hybridized carbons (Fsp3) is 0.400. The van der Waals surface area contributed by atoms with E-state index in [1.807, 2.05) is 0 Å². The third kappa shape index (κ3) is 2.80. The quantitative estimate of drug-likeness (QED) is 0.784. The molecule has 90 valence electrons. The number of hydrogen-bond acceptors (Lipinski definition) is 4. The molecule has 0 aliphatic rings. The van der Waals surface area contributed by atoms with E-state index in [9.17, 15) is 8.42 Å². The lowest BCUT2D eigenvalue weighted by Gasteiger charge is -2.14. The summed E-state index contributed by atoms with van der Waals surface area (Å²) in [6.07, 6.45) is 0. The summed E-state index contributed by atoms with van der Waals surface area (Å²) in [6.45, 7) is 1.50. The number of ether oxygens (including phenoxy) is 2. The average molecular weight is 265 g/mol. The van der Waals surface area contributed by atoms with Crippen molar-refractivity contribution in [1.29, 1.82) is 0 Å². The van der Waals surface area contributed by atoms with Gasteiger partial charge in [-0.15, -0.1) is 0 Å². The standard InChI is InChI=1S/C10H13ClO4S/c1-7(16(11,12)13)9-6-8(14-2)4-5-10(9)15-3/h4-7H,1-3H3. The molecule has 4 nitrogen and oxygen atoms in total. The van der Waals surface area contributed by atoms with Crippen LogP contribution in [0.3, 0.4) is 0 Å². The smallest absolute Gasteiger partial charge is 0.239 e. The van der Waals surface area contributed by atoms with Crippen LogP contribution in [-0.4, -0.2) is 22.6 Å². The zero-order chi connectivity index (χ0) is 12.3. The second kappa shape index (κ2) is 4.93.